The van der Waals surface area contributed by atoms with Crippen molar-refractivity contribution >= 4 is 10.0 Å². The highest BCUT2D eigenvalue weighted by Crippen LogP contribution is 2.26. The van der Waals surface area contributed by atoms with Crippen LogP contribution in [-0.2, 0) is 16.4 Å². The van der Waals surface area contributed by atoms with E-state index >= 15 is 0 Å². The summed E-state index contributed by atoms with van der Waals surface area (Å²) in [6.45, 7) is 2.22. The first-order chi connectivity index (χ1) is 9.01. The quantitative estimate of drug-likeness (QED) is 0.864. The van der Waals surface area contributed by atoms with E-state index in [-0.39, 0.29) is 12.6 Å². The van der Waals surface area contributed by atoms with E-state index in [1.165, 1.54) is 0 Å². The standard InChI is InChI=1S/C14H21NO3S/c1-11-2-5-13(10-11)15-19(17,18)14-6-3-12(4-7-14)8-9-16/h3-4,6-7,11,13,15-16H,2,5,8-10H2,1H3. The number of benzene rings is 1. The molecule has 5 heteroatoms. The normalized spacial score (nSPS) is 23.7. The molecule has 2 N–H and O–H groups in total. The number of aliphatic hydroxyl groups excluding tert-OH is 1. The molecule has 1 saturated carbocycles. The van der Waals surface area contributed by atoms with Gasteiger partial charge in [-0.15, -0.1) is 0 Å². The van der Waals surface area contributed by atoms with Gasteiger partial charge in [-0.1, -0.05) is 19.1 Å². The monoisotopic (exact) mass is 283 g/mol. The molecule has 1 aliphatic rings. The van der Waals surface area contributed by atoms with Crippen molar-refractivity contribution in [2.75, 3.05) is 6.61 Å². The van der Waals surface area contributed by atoms with Gasteiger partial charge in [0.05, 0.1) is 4.90 Å². The fourth-order valence-corrected chi connectivity index (χ4v) is 3.85. The lowest BCUT2D eigenvalue weighted by Gasteiger charge is -2.13. The van der Waals surface area contributed by atoms with Gasteiger partial charge in [0, 0.05) is 12.6 Å². The fourth-order valence-electron chi connectivity index (χ4n) is 2.57. The first kappa shape index (κ1) is 14.5. The van der Waals surface area contributed by atoms with E-state index in [1.807, 2.05) is 0 Å². The summed E-state index contributed by atoms with van der Waals surface area (Å²) in [7, 11) is -3.41. The highest BCUT2D eigenvalue weighted by atomic mass is 32.2. The van der Waals surface area contributed by atoms with Crippen molar-refractivity contribution in [3.05, 3.63) is 29.8 Å². The predicted molar refractivity (Wildman–Crippen MR) is 74.4 cm³/mol. The molecule has 0 saturated heterocycles. The SMILES string of the molecule is CC1CCC(NS(=O)(=O)c2ccc(CCO)cc2)C1. The van der Waals surface area contributed by atoms with Gasteiger partial charge in [0.15, 0.2) is 0 Å². The molecule has 0 bridgehead atoms. The van der Waals surface area contributed by atoms with Crippen LogP contribution >= 0.6 is 0 Å². The molecule has 0 aromatic heterocycles. The predicted octanol–water partition coefficient (Wildman–Crippen LogP) is 1.69. The van der Waals surface area contributed by atoms with E-state index < -0.39 is 10.0 Å². The molecule has 1 fully saturated rings. The molecule has 0 aliphatic heterocycles. The Morgan fingerprint density at radius 2 is 1.95 bits per heavy atom. The van der Waals surface area contributed by atoms with Gasteiger partial charge in [0.1, 0.15) is 0 Å². The van der Waals surface area contributed by atoms with Crippen LogP contribution in [0.25, 0.3) is 0 Å². The van der Waals surface area contributed by atoms with Crippen LogP contribution in [0.3, 0.4) is 0 Å². The summed E-state index contributed by atoms with van der Waals surface area (Å²) >= 11 is 0. The second-order valence-electron chi connectivity index (χ2n) is 5.35. The van der Waals surface area contributed by atoms with Crippen LogP contribution in [0.5, 0.6) is 0 Å². The minimum absolute atomic E-state index is 0.0668. The molecule has 1 aliphatic carbocycles. The Hall–Kier alpha value is -0.910. The Morgan fingerprint density at radius 3 is 2.47 bits per heavy atom. The van der Waals surface area contributed by atoms with Crippen molar-refractivity contribution in [1.29, 1.82) is 0 Å². The molecular weight excluding hydrogens is 262 g/mol. The Morgan fingerprint density at radius 1 is 1.26 bits per heavy atom. The maximum absolute atomic E-state index is 12.2. The first-order valence-corrected chi connectivity index (χ1v) is 8.21. The smallest absolute Gasteiger partial charge is 0.240 e. The Kier molecular flexibility index (Phi) is 4.60. The van der Waals surface area contributed by atoms with Gasteiger partial charge in [-0.2, -0.15) is 0 Å². The van der Waals surface area contributed by atoms with Gasteiger partial charge in [0.2, 0.25) is 10.0 Å². The maximum atomic E-state index is 12.2. The fraction of sp³-hybridized carbons (Fsp3) is 0.571. The van der Waals surface area contributed by atoms with E-state index in [0.29, 0.717) is 17.2 Å². The highest BCUT2D eigenvalue weighted by Gasteiger charge is 2.26. The molecule has 2 atom stereocenters. The van der Waals surface area contributed by atoms with Gasteiger partial charge in [-0.3, -0.25) is 0 Å². The Bertz CT molecular complexity index is 510. The average Bonchev–Trinajstić information content (AvgIpc) is 2.75. The molecule has 2 unspecified atom stereocenters. The average molecular weight is 283 g/mol. The number of sulfonamides is 1. The highest BCUT2D eigenvalue weighted by molar-refractivity contribution is 7.89. The second-order valence-corrected chi connectivity index (χ2v) is 7.07. The van der Waals surface area contributed by atoms with Crippen LogP contribution in [0.2, 0.25) is 0 Å². The molecule has 19 heavy (non-hydrogen) atoms. The number of hydrogen-bond acceptors (Lipinski definition) is 3. The zero-order valence-corrected chi connectivity index (χ0v) is 12.0. The summed E-state index contributed by atoms with van der Waals surface area (Å²) in [6, 6.07) is 6.78. The van der Waals surface area contributed by atoms with Crippen LogP contribution in [0.1, 0.15) is 31.7 Å². The van der Waals surface area contributed by atoms with Crippen LogP contribution < -0.4 is 4.72 Å². The summed E-state index contributed by atoms with van der Waals surface area (Å²) in [5, 5.41) is 8.83. The summed E-state index contributed by atoms with van der Waals surface area (Å²) in [4.78, 5) is 0.300. The van der Waals surface area contributed by atoms with E-state index in [0.717, 1.165) is 24.8 Å². The number of rotatable bonds is 5. The minimum atomic E-state index is -3.41. The number of hydrogen-bond donors (Lipinski definition) is 2. The zero-order valence-electron chi connectivity index (χ0n) is 11.2. The molecule has 0 heterocycles. The third-order valence-corrected chi connectivity index (χ3v) is 5.19. The van der Waals surface area contributed by atoms with Crippen LogP contribution in [-0.4, -0.2) is 26.2 Å². The third kappa shape index (κ3) is 3.78. The van der Waals surface area contributed by atoms with Crippen molar-refractivity contribution in [2.24, 2.45) is 5.92 Å². The molecule has 0 spiro atoms. The molecular formula is C14H21NO3S. The van der Waals surface area contributed by atoms with Crippen molar-refractivity contribution in [2.45, 2.75) is 43.5 Å². The van der Waals surface area contributed by atoms with Crippen LogP contribution in [0, 0.1) is 5.92 Å². The van der Waals surface area contributed by atoms with Gasteiger partial charge >= 0.3 is 0 Å². The lowest BCUT2D eigenvalue weighted by molar-refractivity contribution is 0.299. The third-order valence-electron chi connectivity index (χ3n) is 3.65. The van der Waals surface area contributed by atoms with E-state index in [2.05, 4.69) is 11.6 Å². The molecule has 0 radical (unpaired) electrons. The summed E-state index contributed by atoms with van der Waals surface area (Å²) < 4.78 is 27.2. The first-order valence-electron chi connectivity index (χ1n) is 6.73. The molecule has 2 rings (SSSR count). The van der Waals surface area contributed by atoms with Gasteiger partial charge in [-0.05, 0) is 49.3 Å². The van der Waals surface area contributed by atoms with Crippen molar-refractivity contribution < 1.29 is 13.5 Å². The molecule has 4 nitrogen and oxygen atoms in total. The lowest BCUT2D eigenvalue weighted by atomic mass is 10.1. The van der Waals surface area contributed by atoms with E-state index in [9.17, 15) is 8.42 Å². The topological polar surface area (TPSA) is 66.4 Å². The Labute approximate surface area is 114 Å². The van der Waals surface area contributed by atoms with Crippen molar-refractivity contribution in [1.82, 2.24) is 4.72 Å². The van der Waals surface area contributed by atoms with Crippen LogP contribution in [0.4, 0.5) is 0 Å². The van der Waals surface area contributed by atoms with E-state index in [1.54, 1.807) is 24.3 Å². The summed E-state index contributed by atoms with van der Waals surface area (Å²) in [6.07, 6.45) is 3.47. The molecule has 1 aromatic rings. The minimum Gasteiger partial charge on any atom is -0.396 e. The maximum Gasteiger partial charge on any atom is 0.240 e. The number of aliphatic hydroxyl groups is 1. The second kappa shape index (κ2) is 6.03. The zero-order chi connectivity index (χ0) is 13.9. The Balaban J connectivity index is 2.06. The summed E-state index contributed by atoms with van der Waals surface area (Å²) in [5.41, 5.74) is 0.941. The van der Waals surface area contributed by atoms with Crippen molar-refractivity contribution in [3.8, 4) is 0 Å². The van der Waals surface area contributed by atoms with E-state index in [4.69, 9.17) is 5.11 Å². The summed E-state index contributed by atoms with van der Waals surface area (Å²) in [5.74, 6) is 0.597. The molecule has 106 valence electrons. The largest absolute Gasteiger partial charge is 0.396 e. The van der Waals surface area contributed by atoms with Crippen molar-refractivity contribution in [3.63, 3.8) is 0 Å². The van der Waals surface area contributed by atoms with Gasteiger partial charge in [0.25, 0.3) is 0 Å². The van der Waals surface area contributed by atoms with Crippen LogP contribution in [0.15, 0.2) is 29.2 Å². The molecule has 1 aromatic carbocycles. The van der Waals surface area contributed by atoms with Gasteiger partial charge < -0.3 is 5.11 Å². The number of nitrogens with one attached hydrogen (secondary N) is 1. The van der Waals surface area contributed by atoms with Gasteiger partial charge in [-0.25, -0.2) is 13.1 Å². The molecule has 0 amide bonds. The lowest BCUT2D eigenvalue weighted by Crippen LogP contribution is -2.32.